The van der Waals surface area contributed by atoms with E-state index in [1.54, 1.807) is 10.6 Å². The van der Waals surface area contributed by atoms with Crippen molar-refractivity contribution in [1.82, 2.24) is 9.13 Å². The highest BCUT2D eigenvalue weighted by Gasteiger charge is 2.24. The number of nitro groups is 1. The Morgan fingerprint density at radius 2 is 2.00 bits per heavy atom. The Hall–Kier alpha value is -2.91. The number of benzene rings is 2. The van der Waals surface area contributed by atoms with Gasteiger partial charge in [-0.1, -0.05) is 23.7 Å². The summed E-state index contributed by atoms with van der Waals surface area (Å²) in [4.78, 5) is 10.6. The van der Waals surface area contributed by atoms with Crippen LogP contribution in [0.15, 0.2) is 36.4 Å². The zero-order valence-corrected chi connectivity index (χ0v) is 16.5. The molecule has 0 saturated carbocycles. The zero-order chi connectivity index (χ0) is 20.7. The minimum atomic E-state index is -0.709. The van der Waals surface area contributed by atoms with Gasteiger partial charge in [0.05, 0.1) is 21.3 Å². The van der Waals surface area contributed by atoms with Crippen LogP contribution in [0, 0.1) is 20.7 Å². The van der Waals surface area contributed by atoms with Gasteiger partial charge in [0.2, 0.25) is 11.6 Å². The molecule has 3 aromatic rings. The van der Waals surface area contributed by atoms with Crippen molar-refractivity contribution in [3.63, 3.8) is 0 Å². The number of fused-ring (bicyclic) bond motifs is 1. The molecule has 0 aliphatic carbocycles. The predicted molar refractivity (Wildman–Crippen MR) is 107 cm³/mol. The molecule has 0 saturated heterocycles. The van der Waals surface area contributed by atoms with E-state index >= 15 is 0 Å². The fraction of sp³-hybridized carbons (Fsp3) is 0.211. The lowest BCUT2D eigenvalue weighted by molar-refractivity contribution is -0.385. The molecule has 0 amide bonds. The summed E-state index contributed by atoms with van der Waals surface area (Å²) < 4.78 is 23.6. The second-order valence-electron chi connectivity index (χ2n) is 6.56. The lowest BCUT2D eigenvalue weighted by Crippen LogP contribution is -2.09. The lowest BCUT2D eigenvalue weighted by Gasteiger charge is -2.12. The Labute approximate surface area is 174 Å². The number of nitro benzene ring substituents is 1. The Kier molecular flexibility index (Phi) is 5.01. The van der Waals surface area contributed by atoms with Crippen molar-refractivity contribution in [2.45, 2.75) is 25.8 Å². The first-order chi connectivity index (χ1) is 13.9. The van der Waals surface area contributed by atoms with Crippen LogP contribution < -0.4 is 4.74 Å². The molecule has 7 nitrogen and oxygen atoms in total. The number of aromatic nitrogens is 2. The van der Waals surface area contributed by atoms with Crippen molar-refractivity contribution in [2.75, 3.05) is 0 Å². The highest BCUT2D eigenvalue weighted by atomic mass is 35.5. The third kappa shape index (κ3) is 3.36. The van der Waals surface area contributed by atoms with Crippen LogP contribution in [0.4, 0.5) is 10.1 Å². The standard InChI is InChI=1S/C19H15ClFN3O4S/c20-11-9-12(21)15(23-18(25)14-6-3-4-8-22(14)19(23)29)10-17(11)28-16-7-2-1-5-13(16)24(26)27/h1-2,5,7,9-10,25H,3-4,6,8H2. The summed E-state index contributed by atoms with van der Waals surface area (Å²) in [7, 11) is 0. The summed E-state index contributed by atoms with van der Waals surface area (Å²) in [5.41, 5.74) is 0.345. The average molecular weight is 436 g/mol. The van der Waals surface area contributed by atoms with Crippen LogP contribution in [0.1, 0.15) is 18.5 Å². The van der Waals surface area contributed by atoms with Crippen LogP contribution in [-0.4, -0.2) is 19.2 Å². The van der Waals surface area contributed by atoms with Gasteiger partial charge in [0, 0.05) is 18.7 Å². The molecule has 0 unspecified atom stereocenters. The molecule has 2 aromatic carbocycles. The van der Waals surface area contributed by atoms with E-state index in [4.69, 9.17) is 28.6 Å². The van der Waals surface area contributed by atoms with Gasteiger partial charge >= 0.3 is 5.69 Å². The summed E-state index contributed by atoms with van der Waals surface area (Å²) in [6, 6.07) is 8.08. The first-order valence-electron chi connectivity index (χ1n) is 8.82. The van der Waals surface area contributed by atoms with Crippen molar-refractivity contribution in [1.29, 1.82) is 0 Å². The quantitative estimate of drug-likeness (QED) is 0.330. The number of hydrogen-bond acceptors (Lipinski definition) is 5. The van der Waals surface area contributed by atoms with Gasteiger partial charge in [-0.2, -0.15) is 0 Å². The van der Waals surface area contributed by atoms with E-state index in [1.165, 1.54) is 28.8 Å². The second-order valence-corrected chi connectivity index (χ2v) is 7.33. The van der Waals surface area contributed by atoms with Crippen LogP contribution in [0.25, 0.3) is 5.69 Å². The van der Waals surface area contributed by atoms with Crippen molar-refractivity contribution in [2.24, 2.45) is 0 Å². The summed E-state index contributed by atoms with van der Waals surface area (Å²) in [6.07, 6.45) is 2.46. The summed E-state index contributed by atoms with van der Waals surface area (Å²) in [6.45, 7) is 0.642. The molecule has 1 aliphatic rings. The van der Waals surface area contributed by atoms with Crippen LogP contribution in [0.3, 0.4) is 0 Å². The Morgan fingerprint density at radius 3 is 2.72 bits per heavy atom. The predicted octanol–water partition coefficient (Wildman–Crippen LogP) is 5.54. The Bertz CT molecular complexity index is 1190. The summed E-state index contributed by atoms with van der Waals surface area (Å²) in [5, 5.41) is 21.8. The van der Waals surface area contributed by atoms with E-state index in [0.717, 1.165) is 18.9 Å². The molecule has 2 heterocycles. The third-order valence-corrected chi connectivity index (χ3v) is 5.49. The molecular weight excluding hydrogens is 421 g/mol. The van der Waals surface area contributed by atoms with Crippen molar-refractivity contribution in [3.8, 4) is 23.1 Å². The number of para-hydroxylation sites is 2. The fourth-order valence-corrected chi connectivity index (χ4v) is 3.99. The topological polar surface area (TPSA) is 82.5 Å². The molecule has 0 atom stereocenters. The smallest absolute Gasteiger partial charge is 0.311 e. The number of hydrogen-bond donors (Lipinski definition) is 1. The second kappa shape index (κ2) is 7.49. The molecular formula is C19H15ClFN3O4S. The van der Waals surface area contributed by atoms with Gasteiger partial charge in [-0.05, 0) is 43.6 Å². The van der Waals surface area contributed by atoms with Crippen molar-refractivity contribution >= 4 is 29.5 Å². The van der Waals surface area contributed by atoms with E-state index in [2.05, 4.69) is 0 Å². The number of halogens is 2. The monoisotopic (exact) mass is 435 g/mol. The lowest BCUT2D eigenvalue weighted by atomic mass is 10.1. The average Bonchev–Trinajstić information content (AvgIpc) is 2.95. The van der Waals surface area contributed by atoms with Crippen LogP contribution >= 0.6 is 23.8 Å². The maximum atomic E-state index is 14.8. The molecule has 0 radical (unpaired) electrons. The number of imidazole rings is 1. The third-order valence-electron chi connectivity index (χ3n) is 4.79. The van der Waals surface area contributed by atoms with Gasteiger partial charge < -0.3 is 14.4 Å². The minimum Gasteiger partial charge on any atom is -0.493 e. The van der Waals surface area contributed by atoms with Gasteiger partial charge in [0.25, 0.3) is 0 Å². The van der Waals surface area contributed by atoms with E-state index < -0.39 is 10.7 Å². The molecule has 0 bridgehead atoms. The molecule has 1 N–H and O–H groups in total. The summed E-state index contributed by atoms with van der Waals surface area (Å²) >= 11 is 11.6. The zero-order valence-electron chi connectivity index (χ0n) is 15.0. The molecule has 0 fully saturated rings. The molecule has 150 valence electrons. The van der Waals surface area contributed by atoms with E-state index in [9.17, 15) is 19.6 Å². The molecule has 4 rings (SSSR count). The molecule has 10 heteroatoms. The molecule has 1 aromatic heterocycles. The van der Waals surface area contributed by atoms with E-state index in [0.29, 0.717) is 18.7 Å². The SMILES string of the molecule is O=[N+]([O-])c1ccccc1Oc1cc(-n2c(O)c3n(c2=S)CCCC3)c(F)cc1Cl. The normalized spacial score (nSPS) is 13.2. The van der Waals surface area contributed by atoms with Gasteiger partial charge in [-0.25, -0.2) is 4.39 Å². The molecule has 1 aliphatic heterocycles. The van der Waals surface area contributed by atoms with E-state index in [1.807, 2.05) is 0 Å². The number of rotatable bonds is 4. The maximum Gasteiger partial charge on any atom is 0.311 e. The highest BCUT2D eigenvalue weighted by molar-refractivity contribution is 7.71. The number of ether oxygens (including phenoxy) is 1. The van der Waals surface area contributed by atoms with Gasteiger partial charge in [0.15, 0.2) is 4.77 Å². The first-order valence-corrected chi connectivity index (χ1v) is 9.61. The number of nitrogens with zero attached hydrogens (tertiary/aromatic N) is 3. The Balaban J connectivity index is 1.84. The summed E-state index contributed by atoms with van der Waals surface area (Å²) in [5.74, 6) is -0.879. The minimum absolute atomic E-state index is 0.00263. The maximum absolute atomic E-state index is 14.8. The first kappa shape index (κ1) is 19.4. The van der Waals surface area contributed by atoms with E-state index in [-0.39, 0.29) is 38.5 Å². The molecule has 0 spiro atoms. The Morgan fingerprint density at radius 1 is 1.24 bits per heavy atom. The van der Waals surface area contributed by atoms with Crippen LogP contribution in [0.2, 0.25) is 5.02 Å². The fourth-order valence-electron chi connectivity index (χ4n) is 3.41. The van der Waals surface area contributed by atoms with Crippen LogP contribution in [-0.2, 0) is 13.0 Å². The van der Waals surface area contributed by atoms with Gasteiger partial charge in [-0.15, -0.1) is 0 Å². The number of aromatic hydroxyl groups is 1. The molecule has 29 heavy (non-hydrogen) atoms. The van der Waals surface area contributed by atoms with Gasteiger partial charge in [-0.3, -0.25) is 14.7 Å². The van der Waals surface area contributed by atoms with Gasteiger partial charge in [0.1, 0.15) is 11.6 Å². The highest BCUT2D eigenvalue weighted by Crippen LogP contribution is 2.38. The van der Waals surface area contributed by atoms with Crippen molar-refractivity contribution < 1.29 is 19.2 Å². The van der Waals surface area contributed by atoms with Crippen molar-refractivity contribution in [3.05, 3.63) is 67.8 Å². The van der Waals surface area contributed by atoms with Crippen LogP contribution in [0.5, 0.6) is 17.4 Å². The largest absolute Gasteiger partial charge is 0.493 e.